The van der Waals surface area contributed by atoms with Crippen LogP contribution >= 0.6 is 27.7 Å². The molecule has 0 spiro atoms. The lowest BCUT2D eigenvalue weighted by molar-refractivity contribution is -0.180. The second-order valence-electron chi connectivity index (χ2n) is 7.69. The van der Waals surface area contributed by atoms with Crippen LogP contribution in [0.5, 0.6) is 5.75 Å². The van der Waals surface area contributed by atoms with E-state index in [0.29, 0.717) is 13.2 Å². The molecule has 1 saturated heterocycles. The van der Waals surface area contributed by atoms with Crippen LogP contribution in [0, 0.1) is 0 Å². The van der Waals surface area contributed by atoms with Crippen molar-refractivity contribution in [3.8, 4) is 5.75 Å². The Morgan fingerprint density at radius 1 is 1.16 bits per heavy atom. The highest BCUT2D eigenvalue weighted by Crippen LogP contribution is 2.33. The number of nitrogens with zero attached hydrogens (tertiary/aromatic N) is 2. The number of benzene rings is 2. The van der Waals surface area contributed by atoms with Gasteiger partial charge in [0.25, 0.3) is 0 Å². The molecule has 4 rings (SSSR count). The van der Waals surface area contributed by atoms with Gasteiger partial charge in [-0.05, 0) is 41.8 Å². The number of imidazole rings is 1. The number of aromatic nitrogens is 2. The summed E-state index contributed by atoms with van der Waals surface area (Å²) in [6.45, 7) is 1.25. The molecule has 0 aliphatic carbocycles. The van der Waals surface area contributed by atoms with Crippen molar-refractivity contribution in [1.29, 1.82) is 0 Å². The molecular weight excluding hydrogens is 476 g/mol. The Balaban J connectivity index is 1.35. The first-order chi connectivity index (χ1) is 15.1. The lowest BCUT2D eigenvalue weighted by Crippen LogP contribution is -2.37. The third-order valence-corrected chi connectivity index (χ3v) is 7.01. The second-order valence-corrected chi connectivity index (χ2v) is 9.63. The largest absolute Gasteiger partial charge is 0.497 e. The van der Waals surface area contributed by atoms with Crippen LogP contribution in [0.1, 0.15) is 17.5 Å². The number of thioether (sulfide) groups is 1. The topological polar surface area (TPSA) is 45.5 Å². The molecule has 0 N–H and O–H groups in total. The third kappa shape index (κ3) is 6.35. The highest BCUT2D eigenvalue weighted by Gasteiger charge is 2.41. The van der Waals surface area contributed by atoms with Gasteiger partial charge in [-0.1, -0.05) is 40.2 Å². The number of hydrogen-bond donors (Lipinski definition) is 0. The first kappa shape index (κ1) is 22.4. The van der Waals surface area contributed by atoms with Crippen LogP contribution in [0.3, 0.4) is 0 Å². The summed E-state index contributed by atoms with van der Waals surface area (Å²) in [5, 5.41) is 0. The highest BCUT2D eigenvalue weighted by atomic mass is 79.9. The lowest BCUT2D eigenvalue weighted by atomic mass is 10.0. The Labute approximate surface area is 196 Å². The third-order valence-electron chi connectivity index (χ3n) is 5.34. The van der Waals surface area contributed by atoms with Crippen molar-refractivity contribution in [1.82, 2.24) is 9.55 Å². The molecule has 0 saturated carbocycles. The molecule has 3 aromatic rings. The SMILES string of the molecule is COc1ccc(CCC2(Cn3ccnc3)OCC(CSCc3ccc(Br)cc3)O2)cc1. The minimum Gasteiger partial charge on any atom is -0.497 e. The van der Waals surface area contributed by atoms with Gasteiger partial charge in [-0.15, -0.1) is 0 Å². The Bertz CT molecular complexity index is 934. The van der Waals surface area contributed by atoms with Crippen molar-refractivity contribution in [3.63, 3.8) is 0 Å². The van der Waals surface area contributed by atoms with E-state index in [4.69, 9.17) is 14.2 Å². The molecule has 1 aromatic heterocycles. The summed E-state index contributed by atoms with van der Waals surface area (Å²) in [7, 11) is 1.68. The normalized spacial score (nSPS) is 20.8. The average Bonchev–Trinajstić information content (AvgIpc) is 3.45. The Morgan fingerprint density at radius 3 is 2.65 bits per heavy atom. The highest BCUT2D eigenvalue weighted by molar-refractivity contribution is 9.10. The van der Waals surface area contributed by atoms with E-state index in [-0.39, 0.29) is 6.10 Å². The molecule has 5 nitrogen and oxygen atoms in total. The van der Waals surface area contributed by atoms with Gasteiger partial charge in [0.05, 0.1) is 32.7 Å². The van der Waals surface area contributed by atoms with Crippen LogP contribution in [0.25, 0.3) is 0 Å². The Hall–Kier alpha value is -1.80. The molecule has 2 heterocycles. The quantitative estimate of drug-likeness (QED) is 0.374. The summed E-state index contributed by atoms with van der Waals surface area (Å²) in [4.78, 5) is 4.17. The van der Waals surface area contributed by atoms with E-state index in [0.717, 1.165) is 34.6 Å². The number of halogens is 1. The van der Waals surface area contributed by atoms with E-state index in [9.17, 15) is 0 Å². The molecular formula is C24H27BrN2O3S. The summed E-state index contributed by atoms with van der Waals surface area (Å²) < 4.78 is 21.2. The molecule has 7 heteroatoms. The van der Waals surface area contributed by atoms with Gasteiger partial charge in [-0.2, -0.15) is 11.8 Å². The first-order valence-corrected chi connectivity index (χ1v) is 12.3. The Morgan fingerprint density at radius 2 is 1.94 bits per heavy atom. The van der Waals surface area contributed by atoms with Crippen LogP contribution in [0.15, 0.2) is 71.7 Å². The zero-order valence-electron chi connectivity index (χ0n) is 17.6. The number of methoxy groups -OCH3 is 1. The van der Waals surface area contributed by atoms with Gasteiger partial charge in [0, 0.05) is 34.8 Å². The fourth-order valence-corrected chi connectivity index (χ4v) is 4.90. The van der Waals surface area contributed by atoms with E-state index in [1.807, 2.05) is 41.0 Å². The minimum atomic E-state index is -0.635. The van der Waals surface area contributed by atoms with Gasteiger partial charge in [0.2, 0.25) is 0 Å². The van der Waals surface area contributed by atoms with Crippen molar-refractivity contribution < 1.29 is 14.2 Å². The van der Waals surface area contributed by atoms with Gasteiger partial charge in [-0.25, -0.2) is 4.98 Å². The smallest absolute Gasteiger partial charge is 0.187 e. The van der Waals surface area contributed by atoms with Crippen molar-refractivity contribution in [2.75, 3.05) is 19.5 Å². The van der Waals surface area contributed by atoms with Crippen LogP contribution < -0.4 is 4.74 Å². The van der Waals surface area contributed by atoms with Crippen molar-refractivity contribution in [2.24, 2.45) is 0 Å². The summed E-state index contributed by atoms with van der Waals surface area (Å²) >= 11 is 5.37. The van der Waals surface area contributed by atoms with Gasteiger partial charge in [0.1, 0.15) is 5.75 Å². The van der Waals surface area contributed by atoms with Crippen LogP contribution in [0.2, 0.25) is 0 Å². The van der Waals surface area contributed by atoms with Crippen LogP contribution in [-0.2, 0) is 28.2 Å². The zero-order valence-corrected chi connectivity index (χ0v) is 20.0. The molecule has 1 fully saturated rings. The van der Waals surface area contributed by atoms with E-state index >= 15 is 0 Å². The van der Waals surface area contributed by atoms with Gasteiger partial charge >= 0.3 is 0 Å². The first-order valence-electron chi connectivity index (χ1n) is 10.4. The van der Waals surface area contributed by atoms with Gasteiger partial charge in [0.15, 0.2) is 5.79 Å². The monoisotopic (exact) mass is 502 g/mol. The number of ether oxygens (including phenoxy) is 3. The minimum absolute atomic E-state index is 0.0832. The average molecular weight is 503 g/mol. The zero-order chi connectivity index (χ0) is 21.5. The second kappa shape index (κ2) is 10.7. The fraction of sp³-hybridized carbons (Fsp3) is 0.375. The number of aryl methyl sites for hydroxylation is 1. The van der Waals surface area contributed by atoms with Crippen molar-refractivity contribution >= 4 is 27.7 Å². The predicted octanol–water partition coefficient (Wildman–Crippen LogP) is 5.33. The molecule has 1 aliphatic heterocycles. The lowest BCUT2D eigenvalue weighted by Gasteiger charge is -2.28. The molecule has 0 bridgehead atoms. The van der Waals surface area contributed by atoms with Crippen LogP contribution in [0.4, 0.5) is 0 Å². The van der Waals surface area contributed by atoms with Crippen molar-refractivity contribution in [3.05, 3.63) is 82.9 Å². The fourth-order valence-electron chi connectivity index (χ4n) is 3.67. The molecule has 1 aliphatic rings. The Kier molecular flexibility index (Phi) is 7.72. The molecule has 2 atom stereocenters. The maximum absolute atomic E-state index is 6.52. The summed E-state index contributed by atoms with van der Waals surface area (Å²) in [5.41, 5.74) is 2.56. The number of rotatable bonds is 10. The van der Waals surface area contributed by atoms with Crippen LogP contribution in [-0.4, -0.2) is 40.9 Å². The van der Waals surface area contributed by atoms with E-state index in [1.165, 1.54) is 11.1 Å². The maximum atomic E-state index is 6.52. The maximum Gasteiger partial charge on any atom is 0.187 e. The summed E-state index contributed by atoms with van der Waals surface area (Å²) in [6.07, 6.45) is 7.30. The van der Waals surface area contributed by atoms with Crippen molar-refractivity contribution in [2.45, 2.75) is 37.0 Å². The molecule has 0 amide bonds. The van der Waals surface area contributed by atoms with E-state index in [1.54, 1.807) is 13.3 Å². The van der Waals surface area contributed by atoms with Gasteiger partial charge < -0.3 is 18.8 Å². The molecule has 2 aromatic carbocycles. The molecule has 31 heavy (non-hydrogen) atoms. The molecule has 0 radical (unpaired) electrons. The standard InChI is InChI=1S/C24H27BrN2O3S/c1-28-22-8-4-19(5-9-22)10-11-24(17-27-13-12-26-18-27)29-14-23(30-24)16-31-15-20-2-6-21(25)7-3-20/h2-9,12-13,18,23H,10-11,14-17H2,1H3. The summed E-state index contributed by atoms with van der Waals surface area (Å²) in [5.74, 6) is 2.11. The number of hydrogen-bond acceptors (Lipinski definition) is 5. The molecule has 2 unspecified atom stereocenters. The predicted molar refractivity (Wildman–Crippen MR) is 127 cm³/mol. The van der Waals surface area contributed by atoms with E-state index in [2.05, 4.69) is 57.3 Å². The molecule has 164 valence electrons. The van der Waals surface area contributed by atoms with E-state index < -0.39 is 5.79 Å². The van der Waals surface area contributed by atoms with Gasteiger partial charge in [-0.3, -0.25) is 0 Å². The summed E-state index contributed by atoms with van der Waals surface area (Å²) in [6, 6.07) is 16.7.